The first-order chi connectivity index (χ1) is 12.5. The van der Waals surface area contributed by atoms with Gasteiger partial charge in [0.15, 0.2) is 0 Å². The van der Waals surface area contributed by atoms with Gasteiger partial charge in [-0.25, -0.2) is 4.79 Å². The van der Waals surface area contributed by atoms with Crippen molar-refractivity contribution in [2.45, 2.75) is 58.0 Å². The molecule has 0 amide bonds. The summed E-state index contributed by atoms with van der Waals surface area (Å²) in [5.74, 6) is 0.719. The smallest absolute Gasteiger partial charge is 0.326 e. The maximum atomic E-state index is 12.5. The van der Waals surface area contributed by atoms with Crippen LogP contribution in [0.25, 0.3) is 11.0 Å². The second-order valence-electron chi connectivity index (χ2n) is 8.47. The number of aromatic nitrogens is 2. The molecule has 1 N–H and O–H groups in total. The van der Waals surface area contributed by atoms with E-state index in [0.717, 1.165) is 56.1 Å². The summed E-state index contributed by atoms with van der Waals surface area (Å²) < 4.78 is 7.59. The molecule has 0 spiro atoms. The first-order valence-corrected chi connectivity index (χ1v) is 10.0. The molecule has 4 rings (SSSR count). The van der Waals surface area contributed by atoms with Crippen LogP contribution in [0.4, 0.5) is 0 Å². The normalized spacial score (nSPS) is 27.7. The summed E-state index contributed by atoms with van der Waals surface area (Å²) in [4.78, 5) is 18.2. The number of imidazole rings is 1. The number of aryl methyl sites for hydroxylation is 1. The zero-order valence-corrected chi connectivity index (χ0v) is 16.3. The molecule has 1 aliphatic heterocycles. The molecule has 0 unspecified atom stereocenters. The van der Waals surface area contributed by atoms with Crippen LogP contribution < -0.4 is 5.69 Å². The lowest BCUT2D eigenvalue weighted by Gasteiger charge is -2.54. The van der Waals surface area contributed by atoms with Crippen molar-refractivity contribution in [2.75, 3.05) is 26.3 Å². The Bertz CT molecular complexity index is 823. The molecule has 0 bridgehead atoms. The van der Waals surface area contributed by atoms with Crippen LogP contribution in [-0.4, -0.2) is 46.3 Å². The average molecular weight is 357 g/mol. The summed E-state index contributed by atoms with van der Waals surface area (Å²) in [6.45, 7) is 10.4. The van der Waals surface area contributed by atoms with Gasteiger partial charge in [-0.2, -0.15) is 0 Å². The van der Waals surface area contributed by atoms with Crippen LogP contribution in [0.15, 0.2) is 23.0 Å². The highest BCUT2D eigenvalue weighted by atomic mass is 16.5. The Labute approximate surface area is 155 Å². The van der Waals surface area contributed by atoms with Crippen molar-refractivity contribution in [1.29, 1.82) is 0 Å². The second kappa shape index (κ2) is 6.86. The van der Waals surface area contributed by atoms with Gasteiger partial charge < -0.3 is 9.72 Å². The lowest BCUT2D eigenvalue weighted by atomic mass is 9.68. The molecule has 1 saturated heterocycles. The molecule has 2 aromatic rings. The molecule has 1 aromatic carbocycles. The zero-order valence-electron chi connectivity index (χ0n) is 16.3. The number of likely N-dealkylation sites (tertiary alicyclic amines) is 1. The number of piperidine rings is 1. The Morgan fingerprint density at radius 3 is 2.69 bits per heavy atom. The summed E-state index contributed by atoms with van der Waals surface area (Å²) in [7, 11) is 0. The number of nitrogens with zero attached hydrogens (tertiary/aromatic N) is 2. The van der Waals surface area contributed by atoms with E-state index >= 15 is 0 Å². The van der Waals surface area contributed by atoms with E-state index < -0.39 is 0 Å². The van der Waals surface area contributed by atoms with E-state index in [1.165, 1.54) is 18.4 Å². The maximum absolute atomic E-state index is 12.5. The van der Waals surface area contributed by atoms with E-state index in [1.54, 1.807) is 0 Å². The van der Waals surface area contributed by atoms with E-state index in [-0.39, 0.29) is 5.69 Å². The van der Waals surface area contributed by atoms with Crippen molar-refractivity contribution in [2.24, 2.45) is 5.92 Å². The molecule has 142 valence electrons. The molecule has 1 saturated carbocycles. The SMILES string of the molecule is CCOC[C@H]1C[C@](C)(N2CCC(n3c(=O)[nH]c4ccc(C)cc43)CC2)C1. The standard InChI is InChI=1S/C21H31N3O2/c1-4-26-14-16-12-21(3,13-16)23-9-7-17(8-10-23)24-19-11-15(2)5-6-18(19)22-20(24)25/h5-6,11,16-17H,4,7-10,12-14H2,1-3H3,(H,22,25)/t16-,21-. The van der Waals surface area contributed by atoms with Gasteiger partial charge in [0.05, 0.1) is 11.0 Å². The molecule has 2 heterocycles. The van der Waals surface area contributed by atoms with E-state index in [4.69, 9.17) is 4.74 Å². The van der Waals surface area contributed by atoms with Gasteiger partial charge in [-0.3, -0.25) is 9.47 Å². The fourth-order valence-corrected chi connectivity index (χ4v) is 5.10. The number of H-pyrrole nitrogens is 1. The van der Waals surface area contributed by atoms with Crippen molar-refractivity contribution in [1.82, 2.24) is 14.5 Å². The molecular weight excluding hydrogens is 326 g/mol. The average Bonchev–Trinajstić information content (AvgIpc) is 2.93. The van der Waals surface area contributed by atoms with Gasteiger partial charge in [0, 0.05) is 37.9 Å². The second-order valence-corrected chi connectivity index (χ2v) is 8.47. The van der Waals surface area contributed by atoms with Crippen LogP contribution in [0.2, 0.25) is 0 Å². The number of ether oxygens (including phenoxy) is 1. The number of aromatic amines is 1. The minimum Gasteiger partial charge on any atom is -0.381 e. The van der Waals surface area contributed by atoms with Gasteiger partial charge in [-0.15, -0.1) is 0 Å². The number of hydrogen-bond acceptors (Lipinski definition) is 3. The summed E-state index contributed by atoms with van der Waals surface area (Å²) in [5, 5.41) is 0. The number of fused-ring (bicyclic) bond motifs is 1. The summed E-state index contributed by atoms with van der Waals surface area (Å²) >= 11 is 0. The van der Waals surface area contributed by atoms with Crippen molar-refractivity contribution < 1.29 is 4.74 Å². The van der Waals surface area contributed by atoms with Crippen molar-refractivity contribution in [3.8, 4) is 0 Å². The Morgan fingerprint density at radius 2 is 2.00 bits per heavy atom. The first-order valence-electron chi connectivity index (χ1n) is 10.0. The van der Waals surface area contributed by atoms with Crippen molar-refractivity contribution in [3.63, 3.8) is 0 Å². The number of rotatable bonds is 5. The Morgan fingerprint density at radius 1 is 1.27 bits per heavy atom. The summed E-state index contributed by atoms with van der Waals surface area (Å²) in [6.07, 6.45) is 4.58. The van der Waals surface area contributed by atoms with E-state index in [0.29, 0.717) is 11.6 Å². The molecule has 0 radical (unpaired) electrons. The highest BCUT2D eigenvalue weighted by Gasteiger charge is 2.45. The van der Waals surface area contributed by atoms with E-state index in [9.17, 15) is 4.79 Å². The maximum Gasteiger partial charge on any atom is 0.326 e. The van der Waals surface area contributed by atoms with E-state index in [2.05, 4.69) is 42.8 Å². The Balaban J connectivity index is 1.43. The molecule has 2 aliphatic rings. The van der Waals surface area contributed by atoms with Gasteiger partial charge >= 0.3 is 5.69 Å². The van der Waals surface area contributed by atoms with Crippen LogP contribution in [0.3, 0.4) is 0 Å². The van der Waals surface area contributed by atoms with Crippen LogP contribution in [0.1, 0.15) is 51.1 Å². The van der Waals surface area contributed by atoms with Gasteiger partial charge in [0.25, 0.3) is 0 Å². The quantitative estimate of drug-likeness (QED) is 0.891. The van der Waals surface area contributed by atoms with Crippen LogP contribution in [0, 0.1) is 12.8 Å². The lowest BCUT2D eigenvalue weighted by molar-refractivity contribution is -0.0565. The topological polar surface area (TPSA) is 50.3 Å². The van der Waals surface area contributed by atoms with E-state index in [1.807, 2.05) is 10.6 Å². The third-order valence-electron chi connectivity index (χ3n) is 6.48. The van der Waals surface area contributed by atoms with Gasteiger partial charge in [-0.05, 0) is 70.1 Å². The van der Waals surface area contributed by atoms with Gasteiger partial charge in [-0.1, -0.05) is 6.07 Å². The molecular formula is C21H31N3O2. The highest BCUT2D eigenvalue weighted by molar-refractivity contribution is 5.76. The summed E-state index contributed by atoms with van der Waals surface area (Å²) in [5.41, 5.74) is 3.57. The van der Waals surface area contributed by atoms with Crippen LogP contribution in [-0.2, 0) is 4.74 Å². The molecule has 26 heavy (non-hydrogen) atoms. The third kappa shape index (κ3) is 3.12. The zero-order chi connectivity index (χ0) is 18.3. The monoisotopic (exact) mass is 357 g/mol. The predicted molar refractivity (Wildman–Crippen MR) is 105 cm³/mol. The molecule has 5 heteroatoms. The summed E-state index contributed by atoms with van der Waals surface area (Å²) in [6, 6.07) is 6.51. The van der Waals surface area contributed by atoms with Gasteiger partial charge in [0.2, 0.25) is 0 Å². The Kier molecular flexibility index (Phi) is 4.70. The molecule has 1 aromatic heterocycles. The molecule has 2 fully saturated rings. The number of benzene rings is 1. The molecule has 5 nitrogen and oxygen atoms in total. The largest absolute Gasteiger partial charge is 0.381 e. The van der Waals surface area contributed by atoms with Gasteiger partial charge in [0.1, 0.15) is 0 Å². The minimum absolute atomic E-state index is 0.0377. The highest BCUT2D eigenvalue weighted by Crippen LogP contribution is 2.44. The lowest BCUT2D eigenvalue weighted by Crippen LogP contribution is -2.58. The van der Waals surface area contributed by atoms with Crippen molar-refractivity contribution >= 4 is 11.0 Å². The Hall–Kier alpha value is -1.59. The molecule has 0 atom stereocenters. The number of nitrogens with one attached hydrogen (secondary N) is 1. The fourth-order valence-electron chi connectivity index (χ4n) is 5.10. The minimum atomic E-state index is 0.0377. The third-order valence-corrected chi connectivity index (χ3v) is 6.48. The first kappa shape index (κ1) is 17.8. The molecule has 1 aliphatic carbocycles. The van der Waals surface area contributed by atoms with Crippen molar-refractivity contribution in [3.05, 3.63) is 34.2 Å². The fraction of sp³-hybridized carbons (Fsp3) is 0.667. The number of hydrogen-bond donors (Lipinski definition) is 1. The van der Waals surface area contributed by atoms with Crippen LogP contribution >= 0.6 is 0 Å². The van der Waals surface area contributed by atoms with Crippen LogP contribution in [0.5, 0.6) is 0 Å². The predicted octanol–water partition coefficient (Wildman–Crippen LogP) is 3.48.